The molecule has 0 aliphatic carbocycles. The Morgan fingerprint density at radius 2 is 1.88 bits per heavy atom. The van der Waals surface area contributed by atoms with Gasteiger partial charge in [-0.05, 0) is 24.6 Å². The Labute approximate surface area is 150 Å². The molecule has 0 fully saturated rings. The summed E-state index contributed by atoms with van der Waals surface area (Å²) in [5.41, 5.74) is 0.523. The van der Waals surface area contributed by atoms with E-state index >= 15 is 0 Å². The van der Waals surface area contributed by atoms with Crippen LogP contribution in [-0.4, -0.2) is 39.8 Å². The molecule has 1 heterocycles. The Kier molecular flexibility index (Phi) is 6.21. The molecule has 0 radical (unpaired) electrons. The maximum Gasteiger partial charge on any atom is 0.340 e. The van der Waals surface area contributed by atoms with Gasteiger partial charge >= 0.3 is 11.6 Å². The van der Waals surface area contributed by atoms with E-state index in [0.717, 1.165) is 0 Å². The van der Waals surface area contributed by atoms with E-state index in [-0.39, 0.29) is 36.4 Å². The third kappa shape index (κ3) is 3.96. The summed E-state index contributed by atoms with van der Waals surface area (Å²) in [6, 6.07) is 3.45. The van der Waals surface area contributed by atoms with Gasteiger partial charge in [-0.3, -0.25) is 9.59 Å². The molecule has 140 valence electrons. The molecule has 2 aromatic rings. The number of hydrogen-bond donors (Lipinski definition) is 1. The number of aryl methyl sites for hydroxylation is 1. The molecule has 0 unspecified atom stereocenters. The van der Waals surface area contributed by atoms with Crippen LogP contribution >= 0.6 is 0 Å². The standard InChI is InChI=1S/C18H21NO7/c1-10-11-5-6-13(23-2)17(25-4)16(11)26-18(22)12(10)9-14(20)19-8-7-15(21)24-3/h5-6H,7-9H2,1-4H3,(H,19,20). The Morgan fingerprint density at radius 1 is 1.15 bits per heavy atom. The maximum atomic E-state index is 12.4. The van der Waals surface area contributed by atoms with Gasteiger partial charge in [-0.1, -0.05) is 0 Å². The quantitative estimate of drug-likeness (QED) is 0.585. The number of nitrogens with one attached hydrogen (secondary N) is 1. The number of esters is 1. The van der Waals surface area contributed by atoms with Crippen molar-refractivity contribution in [3.63, 3.8) is 0 Å². The van der Waals surface area contributed by atoms with Crippen molar-refractivity contribution in [2.45, 2.75) is 19.8 Å². The summed E-state index contributed by atoms with van der Waals surface area (Å²) in [4.78, 5) is 35.5. The third-order valence-corrected chi connectivity index (χ3v) is 4.01. The lowest BCUT2D eigenvalue weighted by Crippen LogP contribution is -2.29. The number of amides is 1. The van der Waals surface area contributed by atoms with E-state index in [9.17, 15) is 14.4 Å². The number of ether oxygens (including phenoxy) is 3. The summed E-state index contributed by atoms with van der Waals surface area (Å²) < 4.78 is 20.4. The van der Waals surface area contributed by atoms with Gasteiger partial charge in [-0.15, -0.1) is 0 Å². The summed E-state index contributed by atoms with van der Waals surface area (Å²) in [5.74, 6) is -0.0491. The maximum absolute atomic E-state index is 12.4. The highest BCUT2D eigenvalue weighted by atomic mass is 16.5. The minimum Gasteiger partial charge on any atom is -0.493 e. The van der Waals surface area contributed by atoms with Crippen molar-refractivity contribution < 1.29 is 28.2 Å². The molecule has 1 N–H and O–H groups in total. The minimum atomic E-state index is -0.621. The van der Waals surface area contributed by atoms with Crippen molar-refractivity contribution in [1.29, 1.82) is 0 Å². The Morgan fingerprint density at radius 3 is 2.50 bits per heavy atom. The largest absolute Gasteiger partial charge is 0.493 e. The highest BCUT2D eigenvalue weighted by Gasteiger charge is 2.19. The average molecular weight is 363 g/mol. The number of fused-ring (bicyclic) bond motifs is 1. The molecule has 1 aromatic carbocycles. The highest BCUT2D eigenvalue weighted by molar-refractivity contribution is 5.90. The summed E-state index contributed by atoms with van der Waals surface area (Å²) in [6.07, 6.45) is -0.0931. The molecule has 8 nitrogen and oxygen atoms in total. The number of hydrogen-bond acceptors (Lipinski definition) is 7. The SMILES string of the molecule is COC(=O)CCNC(=O)Cc1c(C)c2ccc(OC)c(OC)c2oc1=O. The first-order valence-electron chi connectivity index (χ1n) is 7.93. The number of carbonyl (C=O) groups excluding carboxylic acids is 2. The van der Waals surface area contributed by atoms with E-state index in [1.54, 1.807) is 19.1 Å². The zero-order chi connectivity index (χ0) is 19.3. The van der Waals surface area contributed by atoms with Crippen molar-refractivity contribution in [2.75, 3.05) is 27.9 Å². The predicted octanol–water partition coefficient (Wildman–Crippen LogP) is 1.34. The summed E-state index contributed by atoms with van der Waals surface area (Å²) >= 11 is 0. The average Bonchev–Trinajstić information content (AvgIpc) is 2.63. The van der Waals surface area contributed by atoms with Gasteiger partial charge < -0.3 is 23.9 Å². The van der Waals surface area contributed by atoms with Gasteiger partial charge in [0, 0.05) is 11.9 Å². The van der Waals surface area contributed by atoms with Crippen LogP contribution in [0.2, 0.25) is 0 Å². The Balaban J connectivity index is 2.30. The van der Waals surface area contributed by atoms with E-state index < -0.39 is 11.6 Å². The molecule has 26 heavy (non-hydrogen) atoms. The summed E-state index contributed by atoms with van der Waals surface area (Å²) in [6.45, 7) is 1.87. The lowest BCUT2D eigenvalue weighted by molar-refractivity contribution is -0.140. The first-order chi connectivity index (χ1) is 12.4. The molecule has 0 aliphatic rings. The molecule has 1 amide bonds. The van der Waals surface area contributed by atoms with Crippen LogP contribution in [0, 0.1) is 6.92 Å². The monoisotopic (exact) mass is 363 g/mol. The topological polar surface area (TPSA) is 104 Å². The van der Waals surface area contributed by atoms with Gasteiger partial charge in [-0.25, -0.2) is 4.79 Å². The zero-order valence-electron chi connectivity index (χ0n) is 15.1. The number of benzene rings is 1. The van der Waals surface area contributed by atoms with Crippen molar-refractivity contribution >= 4 is 22.8 Å². The van der Waals surface area contributed by atoms with E-state index in [0.29, 0.717) is 22.4 Å². The molecule has 2 rings (SSSR count). The van der Waals surface area contributed by atoms with Gasteiger partial charge in [0.25, 0.3) is 0 Å². The van der Waals surface area contributed by atoms with Crippen molar-refractivity contribution in [1.82, 2.24) is 5.32 Å². The van der Waals surface area contributed by atoms with Gasteiger partial charge in [0.2, 0.25) is 11.7 Å². The smallest absolute Gasteiger partial charge is 0.340 e. The number of carbonyl (C=O) groups is 2. The van der Waals surface area contributed by atoms with E-state index in [4.69, 9.17) is 13.9 Å². The fourth-order valence-electron chi connectivity index (χ4n) is 2.60. The van der Waals surface area contributed by atoms with Crippen LogP contribution in [0.4, 0.5) is 0 Å². The van der Waals surface area contributed by atoms with Crippen LogP contribution in [0.1, 0.15) is 17.5 Å². The van der Waals surface area contributed by atoms with Crippen molar-refractivity contribution in [2.24, 2.45) is 0 Å². The molecule has 0 spiro atoms. The summed E-state index contributed by atoms with van der Waals surface area (Å²) in [7, 11) is 4.22. The molecular weight excluding hydrogens is 342 g/mol. The third-order valence-electron chi connectivity index (χ3n) is 4.01. The van der Waals surface area contributed by atoms with Gasteiger partial charge in [0.1, 0.15) is 0 Å². The van der Waals surface area contributed by atoms with E-state index in [1.807, 2.05) is 0 Å². The summed E-state index contributed by atoms with van der Waals surface area (Å²) in [5, 5.41) is 3.23. The van der Waals surface area contributed by atoms with Crippen LogP contribution < -0.4 is 20.4 Å². The molecule has 0 bridgehead atoms. The second-order valence-corrected chi connectivity index (χ2v) is 5.52. The first-order valence-corrected chi connectivity index (χ1v) is 7.93. The van der Waals surface area contributed by atoms with Crippen LogP contribution in [0.25, 0.3) is 11.0 Å². The van der Waals surface area contributed by atoms with Gasteiger partial charge in [0.15, 0.2) is 11.3 Å². The van der Waals surface area contributed by atoms with Crippen LogP contribution in [0.5, 0.6) is 11.5 Å². The van der Waals surface area contributed by atoms with Gasteiger partial charge in [-0.2, -0.15) is 0 Å². The second kappa shape index (κ2) is 8.37. The number of rotatable bonds is 7. The molecule has 0 aliphatic heterocycles. The van der Waals surface area contributed by atoms with E-state index in [1.165, 1.54) is 21.3 Å². The Hall–Kier alpha value is -3.03. The van der Waals surface area contributed by atoms with Crippen LogP contribution in [-0.2, 0) is 20.7 Å². The lowest BCUT2D eigenvalue weighted by atomic mass is 10.0. The first kappa shape index (κ1) is 19.3. The molecule has 0 atom stereocenters. The number of methoxy groups -OCH3 is 3. The molecule has 1 aromatic heterocycles. The normalized spacial score (nSPS) is 10.5. The fraction of sp³-hybridized carbons (Fsp3) is 0.389. The second-order valence-electron chi connectivity index (χ2n) is 5.52. The van der Waals surface area contributed by atoms with Crippen molar-refractivity contribution in [3.05, 3.63) is 33.7 Å². The van der Waals surface area contributed by atoms with Crippen LogP contribution in [0.3, 0.4) is 0 Å². The zero-order valence-corrected chi connectivity index (χ0v) is 15.1. The molecule has 0 saturated heterocycles. The lowest BCUT2D eigenvalue weighted by Gasteiger charge is -2.12. The molecule has 8 heteroatoms. The minimum absolute atomic E-state index is 0.0601. The van der Waals surface area contributed by atoms with Crippen molar-refractivity contribution in [3.8, 4) is 11.5 Å². The molecule has 0 saturated carbocycles. The fourth-order valence-corrected chi connectivity index (χ4v) is 2.60. The van der Waals surface area contributed by atoms with Crippen LogP contribution in [0.15, 0.2) is 21.3 Å². The predicted molar refractivity (Wildman–Crippen MR) is 93.7 cm³/mol. The highest BCUT2D eigenvalue weighted by Crippen LogP contribution is 2.36. The molecular formula is C18H21NO7. The Bertz CT molecular complexity index is 885. The van der Waals surface area contributed by atoms with E-state index in [2.05, 4.69) is 10.1 Å². The van der Waals surface area contributed by atoms with Gasteiger partial charge in [0.05, 0.1) is 39.7 Å².